The number of carbonyl (C=O) groups is 1. The van der Waals surface area contributed by atoms with Crippen LogP contribution in [0.4, 0.5) is 5.69 Å². The highest BCUT2D eigenvalue weighted by atomic mass is 79.9. The third-order valence-corrected chi connectivity index (χ3v) is 3.09. The van der Waals surface area contributed by atoms with Gasteiger partial charge in [0, 0.05) is 16.9 Å². The minimum absolute atomic E-state index is 0.143. The molecule has 1 amide bonds. The van der Waals surface area contributed by atoms with Crippen LogP contribution in [0.15, 0.2) is 28.7 Å². The topological polar surface area (TPSA) is 32.3 Å². The number of anilines is 1. The van der Waals surface area contributed by atoms with Gasteiger partial charge in [-0.2, -0.15) is 0 Å². The van der Waals surface area contributed by atoms with Crippen molar-refractivity contribution < 1.29 is 4.79 Å². The largest absolute Gasteiger partial charge is 0.273 e. The molecule has 15 heavy (non-hydrogen) atoms. The van der Waals surface area contributed by atoms with E-state index < -0.39 is 0 Å². The van der Waals surface area contributed by atoms with Gasteiger partial charge in [-0.05, 0) is 30.7 Å². The van der Waals surface area contributed by atoms with Crippen molar-refractivity contribution in [2.75, 3.05) is 5.01 Å². The molecule has 0 aliphatic carbocycles. The van der Waals surface area contributed by atoms with Crippen molar-refractivity contribution in [3.8, 4) is 0 Å². The summed E-state index contributed by atoms with van der Waals surface area (Å²) in [4.78, 5) is 11.7. The summed E-state index contributed by atoms with van der Waals surface area (Å²) in [5.74, 6) is 0.143. The summed E-state index contributed by atoms with van der Waals surface area (Å²) >= 11 is 3.37. The van der Waals surface area contributed by atoms with Gasteiger partial charge in [-0.3, -0.25) is 4.79 Å². The second-order valence-electron chi connectivity index (χ2n) is 3.64. The molecule has 80 valence electrons. The molecule has 0 bridgehead atoms. The van der Waals surface area contributed by atoms with Crippen molar-refractivity contribution in [1.29, 1.82) is 0 Å². The Morgan fingerprint density at radius 1 is 1.47 bits per heavy atom. The van der Waals surface area contributed by atoms with Crippen LogP contribution in [0.2, 0.25) is 0 Å². The molecule has 1 heterocycles. The minimum atomic E-state index is 0.143. The number of nitrogens with one attached hydrogen (secondary N) is 1. The van der Waals surface area contributed by atoms with E-state index in [9.17, 15) is 4.79 Å². The van der Waals surface area contributed by atoms with Gasteiger partial charge in [0.05, 0.1) is 5.69 Å². The van der Waals surface area contributed by atoms with Gasteiger partial charge in [0.2, 0.25) is 5.91 Å². The number of nitrogens with zero attached hydrogens (tertiary/aromatic N) is 1. The van der Waals surface area contributed by atoms with Gasteiger partial charge >= 0.3 is 0 Å². The second-order valence-corrected chi connectivity index (χ2v) is 4.56. The second kappa shape index (κ2) is 4.33. The van der Waals surface area contributed by atoms with Crippen LogP contribution in [0, 0.1) is 0 Å². The number of carbonyl (C=O) groups excluding carboxylic acids is 1. The SMILES string of the molecule is CCC1CC(=O)N(c2ccc(Br)cc2)N1. The van der Waals surface area contributed by atoms with Gasteiger partial charge in [0.25, 0.3) is 0 Å². The molecule has 1 N–H and O–H groups in total. The third-order valence-electron chi connectivity index (χ3n) is 2.56. The molecule has 1 saturated heterocycles. The van der Waals surface area contributed by atoms with Gasteiger partial charge in [-0.25, -0.2) is 10.4 Å². The predicted molar refractivity (Wildman–Crippen MR) is 63.5 cm³/mol. The Hall–Kier alpha value is -0.870. The lowest BCUT2D eigenvalue weighted by molar-refractivity contribution is -0.117. The van der Waals surface area contributed by atoms with Crippen LogP contribution in [0.25, 0.3) is 0 Å². The van der Waals surface area contributed by atoms with Crippen molar-refractivity contribution >= 4 is 27.5 Å². The Labute approximate surface area is 97.6 Å². The van der Waals surface area contributed by atoms with E-state index >= 15 is 0 Å². The lowest BCUT2D eigenvalue weighted by atomic mass is 10.2. The fourth-order valence-corrected chi connectivity index (χ4v) is 1.91. The van der Waals surface area contributed by atoms with Gasteiger partial charge < -0.3 is 0 Å². The van der Waals surface area contributed by atoms with E-state index in [-0.39, 0.29) is 11.9 Å². The van der Waals surface area contributed by atoms with E-state index in [1.165, 1.54) is 0 Å². The molecule has 1 aliphatic heterocycles. The molecule has 1 atom stereocenters. The summed E-state index contributed by atoms with van der Waals surface area (Å²) in [6, 6.07) is 7.99. The highest BCUT2D eigenvalue weighted by Gasteiger charge is 2.28. The Balaban J connectivity index is 2.18. The molecule has 0 spiro atoms. The van der Waals surface area contributed by atoms with Gasteiger partial charge in [-0.15, -0.1) is 0 Å². The Kier molecular flexibility index (Phi) is 3.07. The molecular formula is C11H13BrN2O. The van der Waals surface area contributed by atoms with Crippen LogP contribution in [-0.2, 0) is 4.79 Å². The number of hydrogen-bond acceptors (Lipinski definition) is 2. The number of hydrogen-bond donors (Lipinski definition) is 1. The van der Waals surface area contributed by atoms with Crippen LogP contribution in [0.5, 0.6) is 0 Å². The molecule has 0 saturated carbocycles. The van der Waals surface area contributed by atoms with Crippen LogP contribution >= 0.6 is 15.9 Å². The Morgan fingerprint density at radius 2 is 2.13 bits per heavy atom. The van der Waals surface area contributed by atoms with Gasteiger partial charge in [0.15, 0.2) is 0 Å². The van der Waals surface area contributed by atoms with Crippen LogP contribution in [0.1, 0.15) is 19.8 Å². The van der Waals surface area contributed by atoms with Crippen LogP contribution in [0.3, 0.4) is 0 Å². The standard InChI is InChI=1S/C11H13BrN2O/c1-2-9-7-11(15)14(13-9)10-5-3-8(12)4-6-10/h3-6,9,13H,2,7H2,1H3. The predicted octanol–water partition coefficient (Wildman–Crippen LogP) is 2.47. The van der Waals surface area contributed by atoms with Crippen molar-refractivity contribution in [2.45, 2.75) is 25.8 Å². The van der Waals surface area contributed by atoms with Crippen molar-refractivity contribution in [1.82, 2.24) is 5.43 Å². The van der Waals surface area contributed by atoms with E-state index in [4.69, 9.17) is 0 Å². The number of benzene rings is 1. The summed E-state index contributed by atoms with van der Waals surface area (Å²) in [7, 11) is 0. The third kappa shape index (κ3) is 2.21. The lowest BCUT2D eigenvalue weighted by Crippen LogP contribution is -2.37. The smallest absolute Gasteiger partial charge is 0.243 e. The summed E-state index contributed by atoms with van der Waals surface area (Å²) in [6.07, 6.45) is 1.56. The number of hydrazine groups is 1. The monoisotopic (exact) mass is 268 g/mol. The first-order chi connectivity index (χ1) is 7.20. The molecule has 1 aliphatic rings. The number of halogens is 1. The molecule has 2 rings (SSSR count). The quantitative estimate of drug-likeness (QED) is 0.894. The summed E-state index contributed by atoms with van der Waals surface area (Å²) < 4.78 is 1.02. The Morgan fingerprint density at radius 3 is 2.67 bits per heavy atom. The van der Waals surface area contributed by atoms with Crippen LogP contribution in [-0.4, -0.2) is 11.9 Å². The number of rotatable bonds is 2. The highest BCUT2D eigenvalue weighted by Crippen LogP contribution is 2.22. The molecule has 1 unspecified atom stereocenters. The summed E-state index contributed by atoms with van der Waals surface area (Å²) in [5.41, 5.74) is 4.10. The maximum absolute atomic E-state index is 11.7. The number of amides is 1. The van der Waals surface area contributed by atoms with Crippen molar-refractivity contribution in [3.63, 3.8) is 0 Å². The average molecular weight is 269 g/mol. The van der Waals surface area contributed by atoms with Gasteiger partial charge in [0.1, 0.15) is 0 Å². The first-order valence-electron chi connectivity index (χ1n) is 5.05. The highest BCUT2D eigenvalue weighted by molar-refractivity contribution is 9.10. The van der Waals surface area contributed by atoms with E-state index in [1.54, 1.807) is 5.01 Å². The summed E-state index contributed by atoms with van der Waals surface area (Å²) in [6.45, 7) is 2.08. The fourth-order valence-electron chi connectivity index (χ4n) is 1.65. The molecule has 0 radical (unpaired) electrons. The molecule has 1 aromatic rings. The van der Waals surface area contributed by atoms with Crippen molar-refractivity contribution in [3.05, 3.63) is 28.7 Å². The maximum Gasteiger partial charge on any atom is 0.243 e. The molecule has 1 fully saturated rings. The van der Waals surface area contributed by atoms with E-state index in [0.717, 1.165) is 16.6 Å². The van der Waals surface area contributed by atoms with Gasteiger partial charge in [-0.1, -0.05) is 22.9 Å². The van der Waals surface area contributed by atoms with Crippen molar-refractivity contribution in [2.24, 2.45) is 0 Å². The Bertz CT molecular complexity index is 363. The minimum Gasteiger partial charge on any atom is -0.273 e. The molecule has 3 nitrogen and oxygen atoms in total. The zero-order valence-electron chi connectivity index (χ0n) is 8.53. The van der Waals surface area contributed by atoms with E-state index in [1.807, 2.05) is 24.3 Å². The van der Waals surface area contributed by atoms with E-state index in [2.05, 4.69) is 28.3 Å². The summed E-state index contributed by atoms with van der Waals surface area (Å²) in [5, 5.41) is 1.64. The zero-order valence-corrected chi connectivity index (χ0v) is 10.1. The lowest BCUT2D eigenvalue weighted by Gasteiger charge is -2.17. The first kappa shape index (κ1) is 10.6. The van der Waals surface area contributed by atoms with Crippen LogP contribution < -0.4 is 10.4 Å². The fraction of sp³-hybridized carbons (Fsp3) is 0.364. The zero-order chi connectivity index (χ0) is 10.8. The normalized spacial score (nSPS) is 21.1. The molecule has 0 aromatic heterocycles. The molecular weight excluding hydrogens is 256 g/mol. The molecule has 4 heteroatoms. The first-order valence-corrected chi connectivity index (χ1v) is 5.84. The average Bonchev–Trinajstić information content (AvgIpc) is 2.61. The molecule has 1 aromatic carbocycles. The van der Waals surface area contributed by atoms with E-state index in [0.29, 0.717) is 6.42 Å². The maximum atomic E-state index is 11.7.